The van der Waals surface area contributed by atoms with Gasteiger partial charge in [-0.3, -0.25) is 4.98 Å². The van der Waals surface area contributed by atoms with E-state index in [1.807, 2.05) is 23.8 Å². The minimum absolute atomic E-state index is 0.160. The number of rotatable bonds is 8. The summed E-state index contributed by atoms with van der Waals surface area (Å²) in [6.07, 6.45) is 10.4. The molecule has 0 aliphatic carbocycles. The van der Waals surface area contributed by atoms with Gasteiger partial charge in [-0.25, -0.2) is 9.51 Å². The van der Waals surface area contributed by atoms with Crippen molar-refractivity contribution in [3.63, 3.8) is 0 Å². The number of ether oxygens (including phenoxy) is 1. The highest BCUT2D eigenvalue weighted by molar-refractivity contribution is 6.06. The van der Waals surface area contributed by atoms with Crippen LogP contribution in [0.4, 0.5) is 17.1 Å². The number of hydrogen-bond donors (Lipinski definition) is 3. The van der Waals surface area contributed by atoms with Crippen LogP contribution >= 0.6 is 0 Å². The smallest absolute Gasteiger partial charge is 0.135 e. The number of nitrogens with two attached hydrogens (primary N) is 1. The summed E-state index contributed by atoms with van der Waals surface area (Å²) in [5.74, 6) is 0.575. The van der Waals surface area contributed by atoms with Crippen molar-refractivity contribution < 1.29 is 9.84 Å². The Morgan fingerprint density at radius 1 is 1.22 bits per heavy atom. The molecule has 4 aromatic rings. The maximum atomic E-state index is 9.94. The topological polar surface area (TPSA) is 117 Å². The molecule has 2 atom stereocenters. The van der Waals surface area contributed by atoms with Gasteiger partial charge in [-0.1, -0.05) is 6.92 Å². The number of nitrogens with one attached hydrogen (secondary N) is 1. The fourth-order valence-corrected chi connectivity index (χ4v) is 5.82. The van der Waals surface area contributed by atoms with Crippen LogP contribution in [0.3, 0.4) is 0 Å². The highest BCUT2D eigenvalue weighted by Crippen LogP contribution is 2.36. The van der Waals surface area contributed by atoms with Crippen LogP contribution in [0.15, 0.2) is 60.1 Å². The molecule has 2 aliphatic heterocycles. The summed E-state index contributed by atoms with van der Waals surface area (Å²) in [6, 6.07) is 10.1. The summed E-state index contributed by atoms with van der Waals surface area (Å²) in [4.78, 5) is 14.0. The highest BCUT2D eigenvalue weighted by Gasteiger charge is 2.27. The van der Waals surface area contributed by atoms with Gasteiger partial charge in [0.2, 0.25) is 0 Å². The van der Waals surface area contributed by atoms with E-state index in [4.69, 9.17) is 20.6 Å². The van der Waals surface area contributed by atoms with Crippen molar-refractivity contribution in [3.05, 3.63) is 66.2 Å². The molecular weight excluding hydrogens is 516 g/mol. The first-order valence-electron chi connectivity index (χ1n) is 14.3. The van der Waals surface area contributed by atoms with Gasteiger partial charge < -0.3 is 30.7 Å². The van der Waals surface area contributed by atoms with Gasteiger partial charge in [-0.05, 0) is 69.3 Å². The Morgan fingerprint density at radius 3 is 2.85 bits per heavy atom. The number of hydrogen-bond acceptors (Lipinski definition) is 8. The number of aryl methyl sites for hydroxylation is 1. The number of aromatic nitrogens is 3. The molecule has 41 heavy (non-hydrogen) atoms. The number of phenols is 1. The Morgan fingerprint density at radius 2 is 2.10 bits per heavy atom. The van der Waals surface area contributed by atoms with E-state index in [0.29, 0.717) is 18.5 Å². The molecule has 5 heterocycles. The van der Waals surface area contributed by atoms with Crippen LogP contribution in [-0.4, -0.2) is 82.9 Å². The molecule has 4 N–H and O–H groups in total. The summed E-state index contributed by atoms with van der Waals surface area (Å²) in [5.41, 5.74) is 14.1. The van der Waals surface area contributed by atoms with Gasteiger partial charge in [-0.2, -0.15) is 5.10 Å². The third-order valence-electron chi connectivity index (χ3n) is 8.22. The lowest BCUT2D eigenvalue weighted by atomic mass is 10.1. The molecule has 3 aromatic heterocycles. The van der Waals surface area contributed by atoms with E-state index >= 15 is 0 Å². The standard InChI is InChI=1S/C31H38N8O2/c1-4-20-13-24(40)5-6-27(20)36-31(32)26-16-34-39-17-21(14-29(39)30(26)35-22-9-12-41-19-22)25-15-33-10-7-28(25)38-11-8-23(18-38)37(2)3/h5-7,10,13-17,22-23,35,40H,4,8-9,11-12,18-19H2,1-3H3,(H2,32,36)/t22-,23-/m0/s1. The van der Waals surface area contributed by atoms with Gasteiger partial charge in [0.1, 0.15) is 11.6 Å². The Balaban J connectivity index is 1.43. The number of aromatic hydroxyl groups is 1. The number of anilines is 2. The van der Waals surface area contributed by atoms with Crippen molar-refractivity contribution >= 4 is 28.4 Å². The predicted molar refractivity (Wildman–Crippen MR) is 163 cm³/mol. The maximum Gasteiger partial charge on any atom is 0.135 e. The number of benzene rings is 1. The zero-order valence-electron chi connectivity index (χ0n) is 23.9. The number of fused-ring (bicyclic) bond motifs is 1. The van der Waals surface area contributed by atoms with Gasteiger partial charge in [0.15, 0.2) is 0 Å². The number of aliphatic imine (C=N–C) groups is 1. The van der Waals surface area contributed by atoms with E-state index in [1.54, 1.807) is 24.4 Å². The zero-order chi connectivity index (χ0) is 28.5. The summed E-state index contributed by atoms with van der Waals surface area (Å²) in [6.45, 7) is 5.38. The Hall–Kier alpha value is -4.15. The summed E-state index contributed by atoms with van der Waals surface area (Å²) >= 11 is 0. The maximum absolute atomic E-state index is 9.94. The van der Waals surface area contributed by atoms with Crippen molar-refractivity contribution in [2.24, 2.45) is 10.7 Å². The molecule has 214 valence electrons. The van der Waals surface area contributed by atoms with Crippen molar-refractivity contribution in [3.8, 4) is 16.9 Å². The number of pyridine rings is 1. The summed E-state index contributed by atoms with van der Waals surface area (Å²) < 4.78 is 7.56. The fraction of sp³-hybridized carbons (Fsp3) is 0.387. The van der Waals surface area contributed by atoms with Gasteiger partial charge in [0.05, 0.1) is 41.3 Å². The SMILES string of the molecule is CCc1cc(O)ccc1/N=C(\N)c1cnn2cc(-c3cnccc3N3CC[C@H](N(C)C)C3)cc2c1N[C@H]1CCOC1. The average molecular weight is 555 g/mol. The number of amidine groups is 1. The monoisotopic (exact) mass is 554 g/mol. The molecule has 10 nitrogen and oxygen atoms in total. The summed E-state index contributed by atoms with van der Waals surface area (Å²) in [7, 11) is 4.30. The normalized spacial score (nSPS) is 19.5. The van der Waals surface area contributed by atoms with Gasteiger partial charge in [0.25, 0.3) is 0 Å². The first-order valence-corrected chi connectivity index (χ1v) is 14.3. The second-order valence-electron chi connectivity index (χ2n) is 11.1. The lowest BCUT2D eigenvalue weighted by Gasteiger charge is -2.23. The van der Waals surface area contributed by atoms with Gasteiger partial charge in [0, 0.05) is 61.1 Å². The Bertz CT molecular complexity index is 1570. The van der Waals surface area contributed by atoms with Crippen molar-refractivity contribution in [2.45, 2.75) is 38.3 Å². The minimum Gasteiger partial charge on any atom is -0.508 e. The zero-order valence-corrected chi connectivity index (χ0v) is 23.9. The molecule has 0 amide bonds. The second-order valence-corrected chi connectivity index (χ2v) is 11.1. The van der Waals surface area contributed by atoms with Crippen molar-refractivity contribution in [2.75, 3.05) is 50.6 Å². The average Bonchev–Trinajstić information content (AvgIpc) is 3.75. The van der Waals surface area contributed by atoms with Gasteiger partial charge >= 0.3 is 0 Å². The number of nitrogens with zero attached hydrogens (tertiary/aromatic N) is 6. The molecule has 0 radical (unpaired) electrons. The van der Waals surface area contributed by atoms with Crippen molar-refractivity contribution in [1.29, 1.82) is 0 Å². The largest absolute Gasteiger partial charge is 0.508 e. The quantitative estimate of drug-likeness (QED) is 0.221. The van der Waals surface area contributed by atoms with Crippen LogP contribution in [-0.2, 0) is 11.2 Å². The van der Waals surface area contributed by atoms with E-state index in [-0.39, 0.29) is 11.8 Å². The Kier molecular flexibility index (Phi) is 7.51. The first kappa shape index (κ1) is 27.0. The minimum atomic E-state index is 0.160. The van der Waals surface area contributed by atoms with E-state index in [9.17, 15) is 5.11 Å². The van der Waals surface area contributed by atoms with Crippen LogP contribution in [0.1, 0.15) is 30.9 Å². The molecule has 2 aliphatic rings. The van der Waals surface area contributed by atoms with E-state index in [2.05, 4.69) is 52.5 Å². The van der Waals surface area contributed by atoms with E-state index < -0.39 is 0 Å². The molecule has 0 unspecified atom stereocenters. The molecule has 0 bridgehead atoms. The van der Waals surface area contributed by atoms with E-state index in [0.717, 1.165) is 78.1 Å². The van der Waals surface area contributed by atoms with Crippen LogP contribution in [0.2, 0.25) is 0 Å². The third kappa shape index (κ3) is 5.45. The molecule has 0 saturated carbocycles. The Labute approximate surface area is 240 Å². The lowest BCUT2D eigenvalue weighted by molar-refractivity contribution is 0.195. The number of phenolic OH excluding ortho intramolecular Hbond substituents is 1. The highest BCUT2D eigenvalue weighted by atomic mass is 16.5. The molecule has 10 heteroatoms. The third-order valence-corrected chi connectivity index (χ3v) is 8.22. The molecular formula is C31H38N8O2. The van der Waals surface area contributed by atoms with Gasteiger partial charge in [-0.15, -0.1) is 0 Å². The second kappa shape index (κ2) is 11.4. The van der Waals surface area contributed by atoms with Crippen LogP contribution in [0, 0.1) is 0 Å². The van der Waals surface area contributed by atoms with Crippen LogP contribution < -0.4 is 16.0 Å². The van der Waals surface area contributed by atoms with Crippen LogP contribution in [0.25, 0.3) is 16.6 Å². The first-order chi connectivity index (χ1) is 19.9. The lowest BCUT2D eigenvalue weighted by Crippen LogP contribution is -2.31. The summed E-state index contributed by atoms with van der Waals surface area (Å²) in [5, 5.41) is 18.4. The molecule has 2 fully saturated rings. The molecule has 6 rings (SSSR count). The predicted octanol–water partition coefficient (Wildman–Crippen LogP) is 4.04. The van der Waals surface area contributed by atoms with Crippen LogP contribution in [0.5, 0.6) is 5.75 Å². The number of likely N-dealkylation sites (N-methyl/N-ethyl adjacent to an activating group) is 1. The van der Waals surface area contributed by atoms with E-state index in [1.165, 1.54) is 5.69 Å². The van der Waals surface area contributed by atoms with Crippen molar-refractivity contribution in [1.82, 2.24) is 19.5 Å². The molecule has 1 aromatic carbocycles. The molecule has 2 saturated heterocycles. The molecule has 0 spiro atoms. The fourth-order valence-electron chi connectivity index (χ4n) is 5.82.